The minimum absolute atomic E-state index is 0.136. The van der Waals surface area contributed by atoms with E-state index in [0.29, 0.717) is 11.4 Å². The summed E-state index contributed by atoms with van der Waals surface area (Å²) in [5.74, 6) is 0. The lowest BCUT2D eigenvalue weighted by Gasteiger charge is -1.88. The van der Waals surface area contributed by atoms with Crippen molar-refractivity contribution in [2.45, 2.75) is 6.42 Å². The van der Waals surface area contributed by atoms with Crippen LogP contribution >= 0.6 is 22.9 Å². The van der Waals surface area contributed by atoms with Crippen molar-refractivity contribution in [2.75, 3.05) is 6.61 Å². The molecule has 4 heteroatoms. The van der Waals surface area contributed by atoms with E-state index in [-0.39, 0.29) is 6.61 Å². The van der Waals surface area contributed by atoms with E-state index in [1.807, 2.05) is 18.2 Å². The number of hydrogen-bond acceptors (Lipinski definition) is 3. The molecule has 0 saturated carbocycles. The Morgan fingerprint density at radius 3 is 3.00 bits per heavy atom. The first-order valence-corrected chi connectivity index (χ1v) is 5.15. The number of rotatable bonds is 2. The van der Waals surface area contributed by atoms with E-state index in [2.05, 4.69) is 4.98 Å². The Labute approximate surface area is 84.8 Å². The molecule has 0 atom stereocenters. The van der Waals surface area contributed by atoms with Crippen LogP contribution in [-0.4, -0.2) is 16.7 Å². The third-order valence-corrected chi connectivity index (χ3v) is 3.13. The number of aromatic nitrogens is 1. The number of thiazole rings is 1. The summed E-state index contributed by atoms with van der Waals surface area (Å²) in [6.07, 6.45) is 0.607. The smallest absolute Gasteiger partial charge is 0.100 e. The third-order valence-electron chi connectivity index (χ3n) is 1.74. The van der Waals surface area contributed by atoms with Gasteiger partial charge in [0.15, 0.2) is 0 Å². The van der Waals surface area contributed by atoms with Crippen molar-refractivity contribution in [3.63, 3.8) is 0 Å². The highest BCUT2D eigenvalue weighted by atomic mass is 35.5. The average molecular weight is 214 g/mol. The first-order valence-electron chi connectivity index (χ1n) is 3.96. The summed E-state index contributed by atoms with van der Waals surface area (Å²) < 4.78 is 1.08. The number of aliphatic hydroxyl groups excluding tert-OH is 1. The zero-order valence-electron chi connectivity index (χ0n) is 6.83. The van der Waals surface area contributed by atoms with E-state index < -0.39 is 0 Å². The second kappa shape index (κ2) is 3.62. The number of fused-ring (bicyclic) bond motifs is 1. The van der Waals surface area contributed by atoms with Crippen molar-refractivity contribution in [1.29, 1.82) is 0 Å². The molecule has 0 spiro atoms. The van der Waals surface area contributed by atoms with Gasteiger partial charge in [-0.05, 0) is 12.1 Å². The second-order valence-corrected chi connectivity index (χ2v) is 4.19. The molecule has 1 aromatic heterocycles. The van der Waals surface area contributed by atoms with Gasteiger partial charge in [0.25, 0.3) is 0 Å². The van der Waals surface area contributed by atoms with E-state index in [4.69, 9.17) is 16.7 Å². The summed E-state index contributed by atoms with van der Waals surface area (Å²) in [7, 11) is 0. The SMILES string of the molecule is OCCc1nc2c(Cl)cccc2s1. The first-order chi connectivity index (χ1) is 6.31. The summed E-state index contributed by atoms with van der Waals surface area (Å²) in [6, 6.07) is 5.72. The largest absolute Gasteiger partial charge is 0.396 e. The summed E-state index contributed by atoms with van der Waals surface area (Å²) in [5, 5.41) is 10.4. The molecule has 1 heterocycles. The average Bonchev–Trinajstić information content (AvgIpc) is 2.49. The van der Waals surface area contributed by atoms with Crippen LogP contribution in [0.1, 0.15) is 5.01 Å². The molecule has 0 radical (unpaired) electrons. The van der Waals surface area contributed by atoms with Gasteiger partial charge in [0.1, 0.15) is 5.52 Å². The molecule has 0 aliphatic heterocycles. The highest BCUT2D eigenvalue weighted by molar-refractivity contribution is 7.18. The predicted molar refractivity (Wildman–Crippen MR) is 55.4 cm³/mol. The van der Waals surface area contributed by atoms with Crippen LogP contribution < -0.4 is 0 Å². The van der Waals surface area contributed by atoms with Gasteiger partial charge in [-0.1, -0.05) is 17.7 Å². The molecule has 0 amide bonds. The lowest BCUT2D eigenvalue weighted by atomic mass is 10.3. The summed E-state index contributed by atoms with van der Waals surface area (Å²) in [5.41, 5.74) is 0.845. The van der Waals surface area contributed by atoms with Crippen molar-refractivity contribution < 1.29 is 5.11 Å². The van der Waals surface area contributed by atoms with Crippen molar-refractivity contribution in [2.24, 2.45) is 0 Å². The quantitative estimate of drug-likeness (QED) is 0.832. The number of para-hydroxylation sites is 1. The Hall–Kier alpha value is -0.640. The zero-order chi connectivity index (χ0) is 9.26. The van der Waals surface area contributed by atoms with E-state index in [9.17, 15) is 0 Å². The van der Waals surface area contributed by atoms with E-state index in [1.165, 1.54) is 0 Å². The maximum Gasteiger partial charge on any atom is 0.100 e. The van der Waals surface area contributed by atoms with Gasteiger partial charge < -0.3 is 5.11 Å². The topological polar surface area (TPSA) is 33.1 Å². The molecule has 0 saturated heterocycles. The van der Waals surface area contributed by atoms with E-state index in [1.54, 1.807) is 11.3 Å². The van der Waals surface area contributed by atoms with Gasteiger partial charge in [0.2, 0.25) is 0 Å². The van der Waals surface area contributed by atoms with Gasteiger partial charge >= 0.3 is 0 Å². The maximum absolute atomic E-state index is 8.75. The molecule has 13 heavy (non-hydrogen) atoms. The Balaban J connectivity index is 2.55. The van der Waals surface area contributed by atoms with Gasteiger partial charge in [-0.3, -0.25) is 0 Å². The van der Waals surface area contributed by atoms with Gasteiger partial charge in [0.05, 0.1) is 14.7 Å². The van der Waals surface area contributed by atoms with Gasteiger partial charge in [-0.2, -0.15) is 0 Å². The zero-order valence-corrected chi connectivity index (χ0v) is 8.40. The highest BCUT2D eigenvalue weighted by Gasteiger charge is 2.05. The molecule has 0 unspecified atom stereocenters. The van der Waals surface area contributed by atoms with E-state index in [0.717, 1.165) is 15.2 Å². The fourth-order valence-electron chi connectivity index (χ4n) is 1.16. The minimum Gasteiger partial charge on any atom is -0.396 e. The third kappa shape index (κ3) is 1.68. The van der Waals surface area contributed by atoms with Crippen LogP contribution in [-0.2, 0) is 6.42 Å². The van der Waals surface area contributed by atoms with E-state index >= 15 is 0 Å². The fourth-order valence-corrected chi connectivity index (χ4v) is 2.42. The standard InChI is InChI=1S/C9H8ClNOS/c10-6-2-1-3-7-9(6)11-8(13-7)4-5-12/h1-3,12H,4-5H2. The van der Waals surface area contributed by atoms with Crippen molar-refractivity contribution in [1.82, 2.24) is 4.98 Å². The van der Waals surface area contributed by atoms with Crippen molar-refractivity contribution in [3.05, 3.63) is 28.2 Å². The minimum atomic E-state index is 0.136. The number of aliphatic hydroxyl groups is 1. The van der Waals surface area contributed by atoms with Gasteiger partial charge in [-0.25, -0.2) is 4.98 Å². The van der Waals surface area contributed by atoms with Gasteiger partial charge in [0, 0.05) is 13.0 Å². The molecule has 68 valence electrons. The number of nitrogens with zero attached hydrogens (tertiary/aromatic N) is 1. The molecular weight excluding hydrogens is 206 g/mol. The molecule has 0 fully saturated rings. The molecule has 1 aromatic carbocycles. The molecule has 0 aliphatic carbocycles. The monoisotopic (exact) mass is 213 g/mol. The van der Waals surface area contributed by atoms with Crippen LogP contribution in [0.4, 0.5) is 0 Å². The van der Waals surface area contributed by atoms with Crippen LogP contribution in [0, 0.1) is 0 Å². The number of benzene rings is 1. The van der Waals surface area contributed by atoms with Gasteiger partial charge in [-0.15, -0.1) is 11.3 Å². The van der Waals surface area contributed by atoms with Crippen LogP contribution in [0.5, 0.6) is 0 Å². The predicted octanol–water partition coefficient (Wildman–Crippen LogP) is 2.48. The molecule has 2 nitrogen and oxygen atoms in total. The Kier molecular flexibility index (Phi) is 2.49. The Bertz CT molecular complexity index is 426. The fraction of sp³-hybridized carbons (Fsp3) is 0.222. The Morgan fingerprint density at radius 1 is 1.46 bits per heavy atom. The van der Waals surface area contributed by atoms with Crippen LogP contribution in [0.15, 0.2) is 18.2 Å². The summed E-state index contributed by atoms with van der Waals surface area (Å²) >= 11 is 7.53. The number of halogens is 1. The maximum atomic E-state index is 8.75. The molecule has 0 aliphatic rings. The molecule has 2 aromatic rings. The lowest BCUT2D eigenvalue weighted by molar-refractivity contribution is 0.299. The van der Waals surface area contributed by atoms with Crippen LogP contribution in [0.2, 0.25) is 5.02 Å². The molecule has 1 N–H and O–H groups in total. The number of hydrogen-bond donors (Lipinski definition) is 1. The normalized spacial score (nSPS) is 10.9. The summed E-state index contributed by atoms with van der Waals surface area (Å²) in [6.45, 7) is 0.136. The first kappa shape index (κ1) is 8.94. The van der Waals surface area contributed by atoms with Crippen LogP contribution in [0.25, 0.3) is 10.2 Å². The molecule has 2 rings (SSSR count). The molecular formula is C9H8ClNOS. The molecule has 0 bridgehead atoms. The van der Waals surface area contributed by atoms with Crippen molar-refractivity contribution >= 4 is 33.2 Å². The van der Waals surface area contributed by atoms with Crippen LogP contribution in [0.3, 0.4) is 0 Å². The van der Waals surface area contributed by atoms with Crippen molar-refractivity contribution in [3.8, 4) is 0 Å². The second-order valence-electron chi connectivity index (χ2n) is 2.67. The lowest BCUT2D eigenvalue weighted by Crippen LogP contribution is -1.87. The Morgan fingerprint density at radius 2 is 2.31 bits per heavy atom. The summed E-state index contributed by atoms with van der Waals surface area (Å²) in [4.78, 5) is 4.33. The highest BCUT2D eigenvalue weighted by Crippen LogP contribution is 2.27.